The van der Waals surface area contributed by atoms with Gasteiger partial charge in [-0.3, -0.25) is 9.59 Å². The predicted octanol–water partition coefficient (Wildman–Crippen LogP) is 2.91. The molecule has 0 atom stereocenters. The van der Waals surface area contributed by atoms with Crippen LogP contribution in [0.5, 0.6) is 0 Å². The fraction of sp³-hybridized carbons (Fsp3) is 0.529. The summed E-state index contributed by atoms with van der Waals surface area (Å²) >= 11 is 3.14. The number of hydrogen-bond acceptors (Lipinski definition) is 3. The van der Waals surface area contributed by atoms with Gasteiger partial charge in [0.25, 0.3) is 0 Å². The van der Waals surface area contributed by atoms with Gasteiger partial charge in [-0.2, -0.15) is 0 Å². The van der Waals surface area contributed by atoms with E-state index in [2.05, 4.69) is 38.4 Å². The number of rotatable bonds is 5. The van der Waals surface area contributed by atoms with E-state index in [1.165, 1.54) is 25.0 Å². The Labute approximate surface area is 150 Å². The summed E-state index contributed by atoms with van der Waals surface area (Å²) in [5.74, 6) is -2.15. The molecule has 2 rings (SSSR count). The zero-order valence-electron chi connectivity index (χ0n) is 13.8. The second kappa shape index (κ2) is 9.13. The lowest BCUT2D eigenvalue weighted by Crippen LogP contribution is -2.47. The van der Waals surface area contributed by atoms with Crippen LogP contribution in [0.25, 0.3) is 0 Å². The summed E-state index contributed by atoms with van der Waals surface area (Å²) in [7, 11) is 0. The van der Waals surface area contributed by atoms with Crippen LogP contribution in [0.2, 0.25) is 0 Å². The van der Waals surface area contributed by atoms with Crippen molar-refractivity contribution in [2.45, 2.75) is 38.6 Å². The van der Waals surface area contributed by atoms with Gasteiger partial charge >= 0.3 is 11.8 Å². The molecule has 7 heteroatoms. The van der Waals surface area contributed by atoms with E-state index in [0.29, 0.717) is 4.47 Å². The third-order valence-electron chi connectivity index (χ3n) is 4.14. The van der Waals surface area contributed by atoms with Gasteiger partial charge in [0.1, 0.15) is 5.82 Å². The molecule has 5 nitrogen and oxygen atoms in total. The van der Waals surface area contributed by atoms with Crippen LogP contribution in [-0.2, 0) is 9.59 Å². The summed E-state index contributed by atoms with van der Waals surface area (Å²) in [6.07, 6.45) is 4.01. The molecule has 2 amide bonds. The molecule has 2 N–H and O–H groups in total. The molecular formula is C17H23BrFN3O2. The first kappa shape index (κ1) is 18.9. The fourth-order valence-corrected chi connectivity index (χ4v) is 3.04. The van der Waals surface area contributed by atoms with Crippen molar-refractivity contribution in [2.24, 2.45) is 0 Å². The van der Waals surface area contributed by atoms with Crippen LogP contribution in [0.3, 0.4) is 0 Å². The Morgan fingerprint density at radius 1 is 1.29 bits per heavy atom. The second-order valence-corrected chi connectivity index (χ2v) is 6.94. The molecule has 1 fully saturated rings. The number of carbonyl (C=O) groups is 2. The largest absolute Gasteiger partial charge is 0.345 e. The molecule has 24 heavy (non-hydrogen) atoms. The minimum Gasteiger partial charge on any atom is -0.345 e. The Bertz CT molecular complexity index is 589. The second-order valence-electron chi connectivity index (χ2n) is 6.02. The number of anilines is 1. The Hall–Kier alpha value is -1.47. The van der Waals surface area contributed by atoms with E-state index in [9.17, 15) is 14.0 Å². The van der Waals surface area contributed by atoms with Crippen molar-refractivity contribution in [3.63, 3.8) is 0 Å². The van der Waals surface area contributed by atoms with Gasteiger partial charge in [-0.15, -0.1) is 0 Å². The van der Waals surface area contributed by atoms with E-state index < -0.39 is 17.6 Å². The Morgan fingerprint density at radius 2 is 2.00 bits per heavy atom. The number of unbranched alkanes of at least 4 members (excludes halogenated alkanes) is 1. The third kappa shape index (κ3) is 5.56. The molecule has 0 saturated carbocycles. The molecule has 0 aliphatic carbocycles. The first-order valence-electron chi connectivity index (χ1n) is 8.29. The molecular weight excluding hydrogens is 377 g/mol. The monoisotopic (exact) mass is 399 g/mol. The standard InChI is InChI=1S/C17H23BrFN3O2/c1-2-3-8-22-9-6-13(7-10-22)20-16(23)17(24)21-15-5-4-12(18)11-14(15)19/h4-5,11,13H,2-3,6-10H2,1H3,(H,20,23)(H,21,24). The van der Waals surface area contributed by atoms with Crippen molar-refractivity contribution in [3.8, 4) is 0 Å². The quantitative estimate of drug-likeness (QED) is 0.748. The van der Waals surface area contributed by atoms with Crippen LogP contribution in [0.4, 0.5) is 10.1 Å². The number of nitrogens with one attached hydrogen (secondary N) is 2. The number of carbonyl (C=O) groups excluding carboxylic acids is 2. The van der Waals surface area contributed by atoms with Crippen LogP contribution >= 0.6 is 15.9 Å². The van der Waals surface area contributed by atoms with E-state index >= 15 is 0 Å². The number of amides is 2. The number of benzene rings is 1. The Morgan fingerprint density at radius 3 is 2.62 bits per heavy atom. The molecule has 1 aromatic carbocycles. The highest BCUT2D eigenvalue weighted by Crippen LogP contribution is 2.19. The average molecular weight is 400 g/mol. The van der Waals surface area contributed by atoms with Gasteiger partial charge in [0, 0.05) is 23.6 Å². The molecule has 1 aliphatic heterocycles. The maximum Gasteiger partial charge on any atom is 0.313 e. The smallest absolute Gasteiger partial charge is 0.313 e. The predicted molar refractivity (Wildman–Crippen MR) is 95.2 cm³/mol. The van der Waals surface area contributed by atoms with Gasteiger partial charge in [0.05, 0.1) is 5.69 Å². The summed E-state index contributed by atoms with van der Waals surface area (Å²) in [5, 5.41) is 5.04. The average Bonchev–Trinajstić information content (AvgIpc) is 2.56. The lowest BCUT2D eigenvalue weighted by molar-refractivity contribution is -0.136. The number of nitrogens with zero attached hydrogens (tertiary/aromatic N) is 1. The zero-order chi connectivity index (χ0) is 17.5. The molecule has 1 aromatic rings. The van der Waals surface area contributed by atoms with Gasteiger partial charge in [0.15, 0.2) is 0 Å². The van der Waals surface area contributed by atoms with E-state index in [1.54, 1.807) is 6.07 Å². The van der Waals surface area contributed by atoms with Crippen molar-refractivity contribution < 1.29 is 14.0 Å². The Kier molecular flexibility index (Phi) is 7.17. The van der Waals surface area contributed by atoms with Crippen LogP contribution in [-0.4, -0.2) is 42.4 Å². The van der Waals surface area contributed by atoms with Gasteiger partial charge in [-0.05, 0) is 44.0 Å². The summed E-state index contributed by atoms with van der Waals surface area (Å²) in [6, 6.07) is 4.25. The maximum atomic E-state index is 13.7. The lowest BCUT2D eigenvalue weighted by Gasteiger charge is -2.32. The molecule has 1 heterocycles. The molecule has 0 spiro atoms. The summed E-state index contributed by atoms with van der Waals surface area (Å²) in [4.78, 5) is 26.3. The van der Waals surface area contributed by atoms with E-state index in [-0.39, 0.29) is 11.7 Å². The number of piperidine rings is 1. The highest BCUT2D eigenvalue weighted by Gasteiger charge is 2.23. The van der Waals surface area contributed by atoms with Crippen molar-refractivity contribution >= 4 is 33.4 Å². The number of hydrogen-bond donors (Lipinski definition) is 2. The van der Waals surface area contributed by atoms with E-state index in [0.717, 1.165) is 32.5 Å². The van der Waals surface area contributed by atoms with Gasteiger partial charge < -0.3 is 15.5 Å². The molecule has 0 radical (unpaired) electrons. The van der Waals surface area contributed by atoms with E-state index in [1.807, 2.05) is 0 Å². The summed E-state index contributed by atoms with van der Waals surface area (Å²) in [5.41, 5.74) is -0.00673. The van der Waals surface area contributed by atoms with Crippen molar-refractivity contribution in [1.29, 1.82) is 0 Å². The van der Waals surface area contributed by atoms with Crippen molar-refractivity contribution in [2.75, 3.05) is 25.0 Å². The highest BCUT2D eigenvalue weighted by atomic mass is 79.9. The molecule has 0 bridgehead atoms. The maximum absolute atomic E-state index is 13.7. The lowest BCUT2D eigenvalue weighted by atomic mass is 10.0. The number of halogens is 2. The first-order chi connectivity index (χ1) is 11.5. The highest BCUT2D eigenvalue weighted by molar-refractivity contribution is 9.10. The summed E-state index contributed by atoms with van der Waals surface area (Å²) < 4.78 is 14.3. The minimum atomic E-state index is -0.843. The van der Waals surface area contributed by atoms with Crippen molar-refractivity contribution in [1.82, 2.24) is 10.2 Å². The normalized spacial score (nSPS) is 16.0. The van der Waals surface area contributed by atoms with Crippen LogP contribution < -0.4 is 10.6 Å². The van der Waals surface area contributed by atoms with Crippen molar-refractivity contribution in [3.05, 3.63) is 28.5 Å². The molecule has 1 saturated heterocycles. The van der Waals surface area contributed by atoms with Gasteiger partial charge in [-0.1, -0.05) is 29.3 Å². The Balaban J connectivity index is 1.79. The van der Waals surface area contributed by atoms with Crippen LogP contribution in [0.1, 0.15) is 32.6 Å². The number of likely N-dealkylation sites (tertiary alicyclic amines) is 1. The summed E-state index contributed by atoms with van der Waals surface area (Å²) in [6.45, 7) is 5.10. The fourth-order valence-electron chi connectivity index (χ4n) is 2.70. The van der Waals surface area contributed by atoms with Crippen LogP contribution in [0, 0.1) is 5.82 Å². The first-order valence-corrected chi connectivity index (χ1v) is 9.08. The van der Waals surface area contributed by atoms with Gasteiger partial charge in [-0.25, -0.2) is 4.39 Å². The van der Waals surface area contributed by atoms with E-state index in [4.69, 9.17) is 0 Å². The molecule has 0 aromatic heterocycles. The third-order valence-corrected chi connectivity index (χ3v) is 4.63. The topological polar surface area (TPSA) is 61.4 Å². The van der Waals surface area contributed by atoms with Gasteiger partial charge in [0.2, 0.25) is 0 Å². The minimum absolute atomic E-state index is 0.00380. The molecule has 1 aliphatic rings. The SMILES string of the molecule is CCCCN1CCC(NC(=O)C(=O)Nc2ccc(Br)cc2F)CC1. The zero-order valence-corrected chi connectivity index (χ0v) is 15.4. The van der Waals surface area contributed by atoms with Crippen LogP contribution in [0.15, 0.2) is 22.7 Å². The molecule has 132 valence electrons. The molecule has 0 unspecified atom stereocenters.